The van der Waals surface area contributed by atoms with Crippen LogP contribution in [0.3, 0.4) is 0 Å². The summed E-state index contributed by atoms with van der Waals surface area (Å²) >= 11 is 1.14. The van der Waals surface area contributed by atoms with E-state index in [1.807, 2.05) is 12.1 Å². The number of carbonyl (C=O) groups excluding carboxylic acids is 1. The normalized spacial score (nSPS) is 15.5. The summed E-state index contributed by atoms with van der Waals surface area (Å²) in [4.78, 5) is 12.9. The van der Waals surface area contributed by atoms with Gasteiger partial charge in [0.05, 0.1) is 5.69 Å². The lowest BCUT2D eigenvalue weighted by atomic mass is 9.96. The molecule has 1 aromatic heterocycles. The maximum atomic E-state index is 13.0. The zero-order valence-electron chi connectivity index (χ0n) is 12.4. The number of aromatic nitrogens is 2. The van der Waals surface area contributed by atoms with E-state index < -0.39 is 0 Å². The van der Waals surface area contributed by atoms with E-state index in [2.05, 4.69) is 21.8 Å². The molecule has 0 atom stereocenters. The topological polar surface area (TPSA) is 54.9 Å². The molecule has 1 aliphatic rings. The zero-order chi connectivity index (χ0) is 15.6. The van der Waals surface area contributed by atoms with Gasteiger partial charge in [-0.1, -0.05) is 30.0 Å². The molecule has 0 aliphatic heterocycles. The highest BCUT2D eigenvalue weighted by Crippen LogP contribution is 2.47. The predicted octanol–water partition coefficient (Wildman–Crippen LogP) is 3.09. The second-order valence-corrected chi connectivity index (χ2v) is 6.52. The summed E-state index contributed by atoms with van der Waals surface area (Å²) < 4.78 is 16.9. The van der Waals surface area contributed by atoms with Gasteiger partial charge in [0.2, 0.25) is 0 Å². The molecule has 3 rings (SSSR count). The maximum absolute atomic E-state index is 13.0. The van der Waals surface area contributed by atoms with Crippen LogP contribution in [-0.2, 0) is 11.8 Å². The Morgan fingerprint density at radius 2 is 2.09 bits per heavy atom. The van der Waals surface area contributed by atoms with Crippen LogP contribution in [0.15, 0.2) is 24.3 Å². The van der Waals surface area contributed by atoms with E-state index in [0.717, 1.165) is 48.5 Å². The van der Waals surface area contributed by atoms with Crippen molar-refractivity contribution in [3.8, 4) is 0 Å². The van der Waals surface area contributed by atoms with Crippen LogP contribution in [0.25, 0.3) is 0 Å². The Bertz CT molecular complexity index is 664. The van der Waals surface area contributed by atoms with Gasteiger partial charge >= 0.3 is 0 Å². The minimum absolute atomic E-state index is 0.0353. The molecule has 0 unspecified atom stereocenters. The molecular weight excluding hydrogens is 301 g/mol. The molecule has 22 heavy (non-hydrogen) atoms. The largest absolute Gasteiger partial charge is 0.350 e. The number of nitrogens with zero attached hydrogens (tertiary/aromatic N) is 2. The lowest BCUT2D eigenvalue weighted by Crippen LogP contribution is -2.32. The fraction of sp³-hybridized carbons (Fsp3) is 0.438. The second-order valence-electron chi connectivity index (χ2n) is 5.77. The summed E-state index contributed by atoms with van der Waals surface area (Å²) in [6.07, 6.45) is 3.73. The van der Waals surface area contributed by atoms with Crippen molar-refractivity contribution in [1.29, 1.82) is 0 Å². The highest BCUT2D eigenvalue weighted by Gasteiger charge is 2.44. The summed E-state index contributed by atoms with van der Waals surface area (Å²) in [7, 11) is 0. The van der Waals surface area contributed by atoms with Gasteiger partial charge in [0, 0.05) is 12.0 Å². The summed E-state index contributed by atoms with van der Waals surface area (Å²) in [5, 5.41) is 7.02. The van der Waals surface area contributed by atoms with Gasteiger partial charge in [-0.2, -0.15) is 0 Å². The number of benzene rings is 1. The molecule has 0 bridgehead atoms. The molecule has 1 aromatic carbocycles. The van der Waals surface area contributed by atoms with Crippen molar-refractivity contribution >= 4 is 17.4 Å². The number of nitrogens with one attached hydrogen (secondary N) is 1. The van der Waals surface area contributed by atoms with Crippen molar-refractivity contribution in [1.82, 2.24) is 14.9 Å². The van der Waals surface area contributed by atoms with Crippen molar-refractivity contribution in [2.24, 2.45) is 0 Å². The SMILES string of the molecule is CCCc1nnsc1C(=O)NCC1(c2ccc(F)cc2)CC1. The first-order valence-corrected chi connectivity index (χ1v) is 8.27. The van der Waals surface area contributed by atoms with Crippen molar-refractivity contribution in [2.75, 3.05) is 6.54 Å². The van der Waals surface area contributed by atoms with Gasteiger partial charge in [-0.3, -0.25) is 4.79 Å². The van der Waals surface area contributed by atoms with Crippen LogP contribution in [0.1, 0.15) is 47.1 Å². The quantitative estimate of drug-likeness (QED) is 0.890. The molecule has 4 nitrogen and oxygen atoms in total. The monoisotopic (exact) mass is 319 g/mol. The molecule has 6 heteroatoms. The van der Waals surface area contributed by atoms with Crippen LogP contribution in [-0.4, -0.2) is 22.0 Å². The fourth-order valence-corrected chi connectivity index (χ4v) is 3.26. The van der Waals surface area contributed by atoms with E-state index >= 15 is 0 Å². The first kappa shape index (κ1) is 15.1. The fourth-order valence-electron chi connectivity index (χ4n) is 2.63. The minimum atomic E-state index is -0.233. The lowest BCUT2D eigenvalue weighted by Gasteiger charge is -2.16. The number of carbonyl (C=O) groups is 1. The lowest BCUT2D eigenvalue weighted by molar-refractivity contribution is 0.0952. The van der Waals surface area contributed by atoms with Crippen LogP contribution in [0, 0.1) is 5.82 Å². The molecule has 0 saturated heterocycles. The molecular formula is C16H18FN3OS. The summed E-state index contributed by atoms with van der Waals surface area (Å²) in [6, 6.07) is 6.57. The first-order valence-electron chi connectivity index (χ1n) is 7.50. The number of rotatable bonds is 6. The molecule has 1 fully saturated rings. The van der Waals surface area contributed by atoms with Crippen LogP contribution in [0.4, 0.5) is 4.39 Å². The maximum Gasteiger partial charge on any atom is 0.264 e. The van der Waals surface area contributed by atoms with Crippen LogP contribution in [0.2, 0.25) is 0 Å². The Labute approximate surface area is 132 Å². The molecule has 1 heterocycles. The van der Waals surface area contributed by atoms with E-state index in [1.54, 1.807) is 0 Å². The van der Waals surface area contributed by atoms with Crippen LogP contribution in [0.5, 0.6) is 0 Å². The van der Waals surface area contributed by atoms with E-state index in [1.165, 1.54) is 12.1 Å². The van der Waals surface area contributed by atoms with Gasteiger partial charge < -0.3 is 5.32 Å². The standard InChI is InChI=1S/C16H18FN3OS/c1-2-3-13-14(22-20-19-13)15(21)18-10-16(8-9-16)11-4-6-12(17)7-5-11/h4-7H,2-3,8-10H2,1H3,(H,18,21). The Kier molecular flexibility index (Phi) is 4.20. The van der Waals surface area contributed by atoms with Crippen LogP contribution >= 0.6 is 11.5 Å². The Balaban J connectivity index is 1.66. The third-order valence-electron chi connectivity index (χ3n) is 4.15. The van der Waals surface area contributed by atoms with Crippen LogP contribution < -0.4 is 5.32 Å². The van der Waals surface area contributed by atoms with Gasteiger partial charge in [-0.25, -0.2) is 4.39 Å². The molecule has 1 saturated carbocycles. The average Bonchev–Trinajstić information content (AvgIpc) is 3.17. The van der Waals surface area contributed by atoms with Crippen molar-refractivity contribution in [3.63, 3.8) is 0 Å². The van der Waals surface area contributed by atoms with Crippen molar-refractivity contribution < 1.29 is 9.18 Å². The van der Waals surface area contributed by atoms with E-state index in [-0.39, 0.29) is 17.1 Å². The third kappa shape index (κ3) is 3.02. The Hall–Kier alpha value is -1.82. The van der Waals surface area contributed by atoms with E-state index in [0.29, 0.717) is 11.4 Å². The van der Waals surface area contributed by atoms with Crippen molar-refractivity contribution in [2.45, 2.75) is 38.0 Å². The molecule has 1 N–H and O–H groups in total. The number of hydrogen-bond acceptors (Lipinski definition) is 4. The summed E-state index contributed by atoms with van der Waals surface area (Å²) in [5.74, 6) is -0.338. The Morgan fingerprint density at radius 1 is 1.36 bits per heavy atom. The zero-order valence-corrected chi connectivity index (χ0v) is 13.3. The number of amides is 1. The highest BCUT2D eigenvalue weighted by atomic mass is 32.1. The first-order chi connectivity index (χ1) is 10.6. The summed E-state index contributed by atoms with van der Waals surface area (Å²) in [5.41, 5.74) is 1.83. The number of hydrogen-bond donors (Lipinski definition) is 1. The molecule has 0 radical (unpaired) electrons. The molecule has 1 amide bonds. The average molecular weight is 319 g/mol. The van der Waals surface area contributed by atoms with Gasteiger partial charge in [0.1, 0.15) is 10.7 Å². The molecule has 116 valence electrons. The predicted molar refractivity (Wildman–Crippen MR) is 83.5 cm³/mol. The minimum Gasteiger partial charge on any atom is -0.350 e. The molecule has 2 aromatic rings. The third-order valence-corrected chi connectivity index (χ3v) is 4.91. The second kappa shape index (κ2) is 6.12. The molecule has 0 spiro atoms. The smallest absolute Gasteiger partial charge is 0.264 e. The van der Waals surface area contributed by atoms with E-state index in [4.69, 9.17) is 0 Å². The summed E-state index contributed by atoms with van der Waals surface area (Å²) in [6.45, 7) is 2.62. The number of aryl methyl sites for hydroxylation is 1. The van der Waals surface area contributed by atoms with Gasteiger partial charge in [-0.15, -0.1) is 5.10 Å². The van der Waals surface area contributed by atoms with Crippen molar-refractivity contribution in [3.05, 3.63) is 46.2 Å². The highest BCUT2D eigenvalue weighted by molar-refractivity contribution is 7.08. The van der Waals surface area contributed by atoms with E-state index in [9.17, 15) is 9.18 Å². The molecule has 1 aliphatic carbocycles. The van der Waals surface area contributed by atoms with Gasteiger partial charge in [0.25, 0.3) is 5.91 Å². The Morgan fingerprint density at radius 3 is 2.73 bits per heavy atom. The number of halogens is 1. The van der Waals surface area contributed by atoms with Gasteiger partial charge in [-0.05, 0) is 48.5 Å². The van der Waals surface area contributed by atoms with Gasteiger partial charge in [0.15, 0.2) is 0 Å².